The Morgan fingerprint density at radius 3 is 2.71 bits per heavy atom. The zero-order valence-electron chi connectivity index (χ0n) is 8.86. The van der Waals surface area contributed by atoms with Crippen molar-refractivity contribution in [2.75, 3.05) is 20.7 Å². The Balaban J connectivity index is 3.03. The molecule has 1 N–H and O–H groups in total. The van der Waals surface area contributed by atoms with Gasteiger partial charge >= 0.3 is 0 Å². The van der Waals surface area contributed by atoms with Crippen molar-refractivity contribution in [2.24, 2.45) is 0 Å². The third kappa shape index (κ3) is 2.49. The van der Waals surface area contributed by atoms with Gasteiger partial charge in [0.1, 0.15) is 5.75 Å². The van der Waals surface area contributed by atoms with E-state index in [0.717, 1.165) is 23.2 Å². The Labute approximate surface area is 93.8 Å². The summed E-state index contributed by atoms with van der Waals surface area (Å²) in [5.74, 6) is 0.995. The number of hydrogen-bond acceptors (Lipinski definition) is 2. The van der Waals surface area contributed by atoms with Gasteiger partial charge in [0.2, 0.25) is 0 Å². The molecule has 0 aliphatic carbocycles. The summed E-state index contributed by atoms with van der Waals surface area (Å²) in [4.78, 5) is 0. The molecule has 0 aliphatic heterocycles. The van der Waals surface area contributed by atoms with Gasteiger partial charge < -0.3 is 10.1 Å². The average molecular weight is 258 g/mol. The Morgan fingerprint density at radius 1 is 1.43 bits per heavy atom. The van der Waals surface area contributed by atoms with Gasteiger partial charge in [-0.2, -0.15) is 0 Å². The minimum atomic E-state index is 0.957. The summed E-state index contributed by atoms with van der Waals surface area (Å²) in [6.45, 7) is 3.02. The topological polar surface area (TPSA) is 21.3 Å². The van der Waals surface area contributed by atoms with Gasteiger partial charge in [0, 0.05) is 10.0 Å². The van der Waals surface area contributed by atoms with E-state index in [1.54, 1.807) is 7.11 Å². The van der Waals surface area contributed by atoms with Crippen LogP contribution in [0.4, 0.5) is 0 Å². The Bertz CT molecular complexity index is 312. The minimum absolute atomic E-state index is 0.957. The first-order valence-corrected chi connectivity index (χ1v) is 5.46. The molecule has 1 rings (SSSR count). The van der Waals surface area contributed by atoms with E-state index in [-0.39, 0.29) is 0 Å². The van der Waals surface area contributed by atoms with Gasteiger partial charge in [-0.25, -0.2) is 0 Å². The maximum Gasteiger partial charge on any atom is 0.126 e. The van der Waals surface area contributed by atoms with E-state index in [1.165, 1.54) is 11.1 Å². The van der Waals surface area contributed by atoms with E-state index >= 15 is 0 Å². The molecule has 0 saturated carbocycles. The fourth-order valence-corrected chi connectivity index (χ4v) is 2.00. The lowest BCUT2D eigenvalue weighted by Crippen LogP contribution is -2.11. The molecule has 0 spiro atoms. The van der Waals surface area contributed by atoms with Crippen molar-refractivity contribution >= 4 is 15.9 Å². The molecule has 1 aromatic rings. The summed E-state index contributed by atoms with van der Waals surface area (Å²) in [5.41, 5.74) is 2.42. The molecule has 2 nitrogen and oxygen atoms in total. The minimum Gasteiger partial charge on any atom is -0.496 e. The van der Waals surface area contributed by atoms with Crippen molar-refractivity contribution in [2.45, 2.75) is 13.3 Å². The number of rotatable bonds is 4. The van der Waals surface area contributed by atoms with Crippen molar-refractivity contribution in [3.05, 3.63) is 27.7 Å². The number of methoxy groups -OCH3 is 1. The SMILES string of the molecule is CNCCc1c(Br)ccc(C)c1OC. The predicted octanol–water partition coefficient (Wildman–Crippen LogP) is 2.53. The molecule has 1 aromatic carbocycles. The van der Waals surface area contributed by atoms with E-state index in [1.807, 2.05) is 7.05 Å². The number of nitrogens with one attached hydrogen (secondary N) is 1. The van der Waals surface area contributed by atoms with Crippen molar-refractivity contribution in [3.63, 3.8) is 0 Å². The summed E-state index contributed by atoms with van der Waals surface area (Å²) in [6, 6.07) is 4.13. The first-order valence-electron chi connectivity index (χ1n) is 4.67. The number of hydrogen-bond donors (Lipinski definition) is 1. The zero-order valence-corrected chi connectivity index (χ0v) is 10.4. The van der Waals surface area contributed by atoms with E-state index in [9.17, 15) is 0 Å². The number of aryl methyl sites for hydroxylation is 1. The van der Waals surface area contributed by atoms with Crippen LogP contribution in [0.15, 0.2) is 16.6 Å². The van der Waals surface area contributed by atoms with Gasteiger partial charge in [0.15, 0.2) is 0 Å². The molecule has 0 saturated heterocycles. The average Bonchev–Trinajstić information content (AvgIpc) is 2.19. The lowest BCUT2D eigenvalue weighted by Gasteiger charge is -2.13. The van der Waals surface area contributed by atoms with Gasteiger partial charge in [0.25, 0.3) is 0 Å². The summed E-state index contributed by atoms with van der Waals surface area (Å²) in [7, 11) is 3.67. The van der Waals surface area contributed by atoms with Crippen LogP contribution in [-0.4, -0.2) is 20.7 Å². The van der Waals surface area contributed by atoms with Gasteiger partial charge in [0.05, 0.1) is 7.11 Å². The number of benzene rings is 1. The van der Waals surface area contributed by atoms with Crippen LogP contribution in [0.2, 0.25) is 0 Å². The van der Waals surface area contributed by atoms with Gasteiger partial charge in [-0.1, -0.05) is 22.0 Å². The molecular weight excluding hydrogens is 242 g/mol. The highest BCUT2D eigenvalue weighted by atomic mass is 79.9. The highest BCUT2D eigenvalue weighted by Crippen LogP contribution is 2.30. The van der Waals surface area contributed by atoms with Gasteiger partial charge in [-0.3, -0.25) is 0 Å². The molecule has 0 fully saturated rings. The second-order valence-corrected chi connectivity index (χ2v) is 4.08. The summed E-state index contributed by atoms with van der Waals surface area (Å²) in [5, 5.41) is 3.14. The van der Waals surface area contributed by atoms with Crippen LogP contribution < -0.4 is 10.1 Å². The van der Waals surface area contributed by atoms with Crippen molar-refractivity contribution in [1.29, 1.82) is 0 Å². The molecule has 78 valence electrons. The first kappa shape index (κ1) is 11.5. The van der Waals surface area contributed by atoms with Crippen molar-refractivity contribution < 1.29 is 4.74 Å². The maximum absolute atomic E-state index is 5.40. The Hall–Kier alpha value is -0.540. The lowest BCUT2D eigenvalue weighted by atomic mass is 10.1. The van der Waals surface area contributed by atoms with Crippen molar-refractivity contribution in [1.82, 2.24) is 5.32 Å². The van der Waals surface area contributed by atoms with Crippen LogP contribution in [0.25, 0.3) is 0 Å². The molecule has 3 heteroatoms. The smallest absolute Gasteiger partial charge is 0.126 e. The number of likely N-dealkylation sites (N-methyl/N-ethyl adjacent to an activating group) is 1. The van der Waals surface area contributed by atoms with Crippen LogP contribution in [0.1, 0.15) is 11.1 Å². The van der Waals surface area contributed by atoms with Crippen LogP contribution in [0.3, 0.4) is 0 Å². The molecular formula is C11H16BrNO. The lowest BCUT2D eigenvalue weighted by molar-refractivity contribution is 0.406. The van der Waals surface area contributed by atoms with Crippen LogP contribution in [0, 0.1) is 6.92 Å². The van der Waals surface area contributed by atoms with Gasteiger partial charge in [-0.15, -0.1) is 0 Å². The fraction of sp³-hybridized carbons (Fsp3) is 0.455. The summed E-state index contributed by atoms with van der Waals surface area (Å²) in [6.07, 6.45) is 0.974. The molecule has 0 aromatic heterocycles. The van der Waals surface area contributed by atoms with E-state index in [0.29, 0.717) is 0 Å². The van der Waals surface area contributed by atoms with E-state index in [4.69, 9.17) is 4.74 Å². The van der Waals surface area contributed by atoms with Gasteiger partial charge in [-0.05, 0) is 38.6 Å². The molecule has 0 amide bonds. The van der Waals surface area contributed by atoms with Crippen molar-refractivity contribution in [3.8, 4) is 5.75 Å². The van der Waals surface area contributed by atoms with E-state index in [2.05, 4.69) is 40.3 Å². The fourth-order valence-electron chi connectivity index (χ4n) is 1.49. The Morgan fingerprint density at radius 2 is 2.14 bits per heavy atom. The monoisotopic (exact) mass is 257 g/mol. The first-order chi connectivity index (χ1) is 6.70. The largest absolute Gasteiger partial charge is 0.496 e. The molecule has 0 unspecified atom stereocenters. The number of halogens is 1. The molecule has 0 heterocycles. The Kier molecular flexibility index (Phi) is 4.42. The standard InChI is InChI=1S/C11H16BrNO/c1-8-4-5-10(12)9(6-7-13-2)11(8)14-3/h4-5,13H,6-7H2,1-3H3. The molecule has 0 aliphatic rings. The highest BCUT2D eigenvalue weighted by molar-refractivity contribution is 9.10. The third-order valence-electron chi connectivity index (χ3n) is 2.23. The second kappa shape index (κ2) is 5.37. The maximum atomic E-state index is 5.40. The number of ether oxygens (including phenoxy) is 1. The van der Waals surface area contributed by atoms with Crippen LogP contribution in [-0.2, 0) is 6.42 Å². The van der Waals surface area contributed by atoms with E-state index < -0.39 is 0 Å². The molecule has 0 bridgehead atoms. The molecule has 14 heavy (non-hydrogen) atoms. The second-order valence-electron chi connectivity index (χ2n) is 3.23. The van der Waals surface area contributed by atoms with Crippen LogP contribution >= 0.6 is 15.9 Å². The highest BCUT2D eigenvalue weighted by Gasteiger charge is 2.09. The molecule has 0 radical (unpaired) electrons. The zero-order chi connectivity index (χ0) is 10.6. The third-order valence-corrected chi connectivity index (χ3v) is 2.97. The quantitative estimate of drug-likeness (QED) is 0.896. The normalized spacial score (nSPS) is 10.3. The summed E-state index contributed by atoms with van der Waals surface area (Å²) >= 11 is 3.54. The predicted molar refractivity (Wildman–Crippen MR) is 63.1 cm³/mol. The van der Waals surface area contributed by atoms with Crippen LogP contribution in [0.5, 0.6) is 5.75 Å². The molecule has 0 atom stereocenters. The summed E-state index contributed by atoms with van der Waals surface area (Å²) < 4.78 is 6.52.